The molecule has 0 amide bonds. The van der Waals surface area contributed by atoms with Gasteiger partial charge < -0.3 is 15.3 Å². The van der Waals surface area contributed by atoms with Gasteiger partial charge >= 0.3 is 0 Å². The van der Waals surface area contributed by atoms with Crippen LogP contribution in [0.25, 0.3) is 0 Å². The van der Waals surface area contributed by atoms with Crippen LogP contribution in [-0.4, -0.2) is 41.3 Å². The molecule has 106 valence electrons. The van der Waals surface area contributed by atoms with Gasteiger partial charge in [0.25, 0.3) is 0 Å². The second-order valence-corrected chi connectivity index (χ2v) is 5.49. The summed E-state index contributed by atoms with van der Waals surface area (Å²) >= 11 is 0. The summed E-state index contributed by atoms with van der Waals surface area (Å²) in [5.41, 5.74) is 0.976. The predicted octanol–water partition coefficient (Wildman–Crippen LogP) is 1.81. The van der Waals surface area contributed by atoms with E-state index in [1.807, 2.05) is 13.0 Å². The third-order valence-corrected chi connectivity index (χ3v) is 3.51. The summed E-state index contributed by atoms with van der Waals surface area (Å²) in [6.45, 7) is 5.95. The molecule has 5 nitrogen and oxygen atoms in total. The van der Waals surface area contributed by atoms with E-state index in [1.165, 1.54) is 0 Å². The maximum absolute atomic E-state index is 9.33. The maximum Gasteiger partial charge on any atom is 0.224 e. The Morgan fingerprint density at radius 3 is 2.79 bits per heavy atom. The lowest BCUT2D eigenvalue weighted by atomic mass is 9.82. The zero-order valence-electron chi connectivity index (χ0n) is 12.1. The van der Waals surface area contributed by atoms with Gasteiger partial charge in [-0.1, -0.05) is 6.92 Å². The van der Waals surface area contributed by atoms with E-state index < -0.39 is 0 Å². The number of aliphatic hydroxyl groups is 1. The molecule has 1 aromatic heterocycles. The van der Waals surface area contributed by atoms with Crippen LogP contribution < -0.4 is 10.2 Å². The highest BCUT2D eigenvalue weighted by atomic mass is 16.3. The topological polar surface area (TPSA) is 61.3 Å². The Bertz CT molecular complexity index is 418. The lowest BCUT2D eigenvalue weighted by molar-refractivity contribution is 0.0464. The summed E-state index contributed by atoms with van der Waals surface area (Å²) in [6, 6.07) is 2.01. The zero-order valence-corrected chi connectivity index (χ0v) is 12.1. The van der Waals surface area contributed by atoms with Crippen LogP contribution in [0.4, 0.5) is 11.8 Å². The summed E-state index contributed by atoms with van der Waals surface area (Å²) < 4.78 is 0. The van der Waals surface area contributed by atoms with Crippen LogP contribution in [0.2, 0.25) is 0 Å². The van der Waals surface area contributed by atoms with Crippen molar-refractivity contribution in [1.82, 2.24) is 9.97 Å². The minimum atomic E-state index is -0.0904. The molecule has 19 heavy (non-hydrogen) atoms. The molecule has 0 atom stereocenters. The van der Waals surface area contributed by atoms with Crippen molar-refractivity contribution in [2.45, 2.75) is 39.2 Å². The van der Waals surface area contributed by atoms with Gasteiger partial charge in [-0.2, -0.15) is 4.98 Å². The minimum Gasteiger partial charge on any atom is -0.393 e. The largest absolute Gasteiger partial charge is 0.393 e. The summed E-state index contributed by atoms with van der Waals surface area (Å²) in [5, 5.41) is 12.6. The summed E-state index contributed by atoms with van der Waals surface area (Å²) in [4.78, 5) is 11.1. The van der Waals surface area contributed by atoms with Gasteiger partial charge in [0, 0.05) is 31.9 Å². The third-order valence-electron chi connectivity index (χ3n) is 3.51. The first-order valence-corrected chi connectivity index (χ1v) is 7.07. The van der Waals surface area contributed by atoms with Gasteiger partial charge in [0.05, 0.1) is 6.10 Å². The van der Waals surface area contributed by atoms with Crippen LogP contribution in [0.5, 0.6) is 0 Å². The number of nitrogens with one attached hydrogen (secondary N) is 1. The fourth-order valence-corrected chi connectivity index (χ4v) is 2.39. The van der Waals surface area contributed by atoms with Gasteiger partial charge in [-0.05, 0) is 32.1 Å². The van der Waals surface area contributed by atoms with Crippen molar-refractivity contribution in [3.05, 3.63) is 11.8 Å². The minimum absolute atomic E-state index is 0.0904. The number of anilines is 2. The molecule has 0 bridgehead atoms. The van der Waals surface area contributed by atoms with Gasteiger partial charge in [-0.3, -0.25) is 0 Å². The van der Waals surface area contributed by atoms with E-state index in [-0.39, 0.29) is 6.10 Å². The first kappa shape index (κ1) is 14.1. The van der Waals surface area contributed by atoms with E-state index in [0.717, 1.165) is 43.9 Å². The highest BCUT2D eigenvalue weighted by Crippen LogP contribution is 2.28. The molecule has 2 rings (SSSR count). The van der Waals surface area contributed by atoms with E-state index in [9.17, 15) is 5.11 Å². The van der Waals surface area contributed by atoms with Crippen molar-refractivity contribution < 1.29 is 5.11 Å². The predicted molar refractivity (Wildman–Crippen MR) is 77.6 cm³/mol. The number of aromatic nitrogens is 2. The van der Waals surface area contributed by atoms with Crippen molar-refractivity contribution >= 4 is 11.8 Å². The standard InChI is InChI=1S/C14H24N4O/c1-4-5-15-14-16-10(2)6-13(17-14)18(3)9-11-7-12(19)8-11/h6,11-12,19H,4-5,7-9H2,1-3H3,(H,15,16,17). The molecule has 0 saturated heterocycles. The third kappa shape index (κ3) is 3.80. The number of nitrogens with zero attached hydrogens (tertiary/aromatic N) is 3. The summed E-state index contributed by atoms with van der Waals surface area (Å²) in [5.74, 6) is 2.24. The average Bonchev–Trinajstić information content (AvgIpc) is 2.33. The molecule has 0 radical (unpaired) electrons. The Morgan fingerprint density at radius 1 is 1.42 bits per heavy atom. The lowest BCUT2D eigenvalue weighted by Crippen LogP contribution is -2.37. The molecule has 5 heteroatoms. The molecule has 2 N–H and O–H groups in total. The molecule has 1 aliphatic carbocycles. The fourth-order valence-electron chi connectivity index (χ4n) is 2.39. The normalized spacial score (nSPS) is 21.9. The van der Waals surface area contributed by atoms with Crippen molar-refractivity contribution in [2.75, 3.05) is 30.4 Å². The molecule has 1 fully saturated rings. The maximum atomic E-state index is 9.33. The molecule has 1 aliphatic rings. The van der Waals surface area contributed by atoms with Gasteiger partial charge in [0.1, 0.15) is 5.82 Å². The molecular weight excluding hydrogens is 240 g/mol. The van der Waals surface area contributed by atoms with E-state index in [2.05, 4.69) is 34.2 Å². The smallest absolute Gasteiger partial charge is 0.224 e. The van der Waals surface area contributed by atoms with Crippen molar-refractivity contribution in [3.63, 3.8) is 0 Å². The quantitative estimate of drug-likeness (QED) is 0.820. The van der Waals surface area contributed by atoms with Crippen LogP contribution in [0.15, 0.2) is 6.07 Å². The second kappa shape index (κ2) is 6.19. The van der Waals surface area contributed by atoms with Crippen molar-refractivity contribution in [1.29, 1.82) is 0 Å². The second-order valence-electron chi connectivity index (χ2n) is 5.49. The zero-order chi connectivity index (χ0) is 13.8. The monoisotopic (exact) mass is 264 g/mol. The lowest BCUT2D eigenvalue weighted by Gasteiger charge is -2.34. The van der Waals surface area contributed by atoms with Gasteiger partial charge in [0.2, 0.25) is 5.95 Å². The van der Waals surface area contributed by atoms with Crippen LogP contribution in [-0.2, 0) is 0 Å². The highest BCUT2D eigenvalue weighted by molar-refractivity contribution is 5.44. The summed E-state index contributed by atoms with van der Waals surface area (Å²) in [6.07, 6.45) is 2.79. The molecule has 0 aromatic carbocycles. The Kier molecular flexibility index (Phi) is 4.58. The van der Waals surface area contributed by atoms with Crippen LogP contribution in [0.3, 0.4) is 0 Å². The Balaban J connectivity index is 1.99. The molecular formula is C14H24N4O. The molecule has 0 spiro atoms. The van der Waals surface area contributed by atoms with Gasteiger partial charge in [-0.15, -0.1) is 0 Å². The number of aliphatic hydroxyl groups excluding tert-OH is 1. The number of hydrogen-bond acceptors (Lipinski definition) is 5. The van der Waals surface area contributed by atoms with Gasteiger partial charge in [0.15, 0.2) is 0 Å². The van der Waals surface area contributed by atoms with E-state index in [0.29, 0.717) is 11.9 Å². The van der Waals surface area contributed by atoms with Crippen LogP contribution in [0, 0.1) is 12.8 Å². The van der Waals surface area contributed by atoms with Gasteiger partial charge in [-0.25, -0.2) is 4.98 Å². The van der Waals surface area contributed by atoms with E-state index in [1.54, 1.807) is 0 Å². The average molecular weight is 264 g/mol. The van der Waals surface area contributed by atoms with Crippen molar-refractivity contribution in [3.8, 4) is 0 Å². The number of aryl methyl sites for hydroxylation is 1. The van der Waals surface area contributed by atoms with E-state index >= 15 is 0 Å². The molecule has 1 aromatic rings. The van der Waals surface area contributed by atoms with Crippen LogP contribution in [0.1, 0.15) is 31.9 Å². The van der Waals surface area contributed by atoms with E-state index in [4.69, 9.17) is 0 Å². The molecule has 1 saturated carbocycles. The van der Waals surface area contributed by atoms with Crippen molar-refractivity contribution in [2.24, 2.45) is 5.92 Å². The molecule has 0 unspecified atom stereocenters. The van der Waals surface area contributed by atoms with Crippen LogP contribution >= 0.6 is 0 Å². The Labute approximate surface area is 115 Å². The highest BCUT2D eigenvalue weighted by Gasteiger charge is 2.28. The number of rotatable bonds is 6. The molecule has 1 heterocycles. The Morgan fingerprint density at radius 2 is 2.16 bits per heavy atom. The fraction of sp³-hybridized carbons (Fsp3) is 0.714. The first-order valence-electron chi connectivity index (χ1n) is 7.07. The Hall–Kier alpha value is -1.36. The SMILES string of the molecule is CCCNc1nc(C)cc(N(C)CC2CC(O)C2)n1. The summed E-state index contributed by atoms with van der Waals surface area (Å²) in [7, 11) is 2.05. The first-order chi connectivity index (χ1) is 9.08. The molecule has 0 aliphatic heterocycles. The number of hydrogen-bond donors (Lipinski definition) is 2.